The first-order valence-electron chi connectivity index (χ1n) is 8.21. The number of rotatable bonds is 5. The fourth-order valence-corrected chi connectivity index (χ4v) is 3.50. The molecule has 1 unspecified atom stereocenters. The molecule has 0 aromatic carbocycles. The Kier molecular flexibility index (Phi) is 4.68. The van der Waals surface area contributed by atoms with Gasteiger partial charge in [0.15, 0.2) is 0 Å². The molecular formula is C15H27N5. The fourth-order valence-electron chi connectivity index (χ4n) is 3.50. The topological polar surface area (TPSA) is 46.0 Å². The maximum Gasteiger partial charge on any atom is 0.147 e. The van der Waals surface area contributed by atoms with Crippen molar-refractivity contribution < 1.29 is 0 Å². The van der Waals surface area contributed by atoms with Crippen LogP contribution in [-0.4, -0.2) is 45.8 Å². The lowest BCUT2D eigenvalue weighted by atomic mass is 9.98. The van der Waals surface area contributed by atoms with E-state index in [-0.39, 0.29) is 0 Å². The second-order valence-electron chi connectivity index (χ2n) is 6.19. The zero-order valence-corrected chi connectivity index (χ0v) is 12.6. The number of likely N-dealkylation sites (tertiary alicyclic amines) is 1. The molecule has 0 spiro atoms. The van der Waals surface area contributed by atoms with Gasteiger partial charge >= 0.3 is 0 Å². The van der Waals surface area contributed by atoms with E-state index in [1.54, 1.807) is 0 Å². The molecule has 0 saturated carbocycles. The van der Waals surface area contributed by atoms with Gasteiger partial charge in [-0.25, -0.2) is 0 Å². The van der Waals surface area contributed by atoms with Crippen molar-refractivity contribution in [3.05, 3.63) is 11.6 Å². The molecule has 1 fully saturated rings. The average Bonchev–Trinajstić information content (AvgIpc) is 2.89. The summed E-state index contributed by atoms with van der Waals surface area (Å²) in [6.45, 7) is 8.93. The molecule has 1 aromatic rings. The third-order valence-corrected chi connectivity index (χ3v) is 4.59. The Morgan fingerprint density at radius 1 is 1.20 bits per heavy atom. The molecule has 2 aliphatic heterocycles. The zero-order valence-electron chi connectivity index (χ0n) is 12.6. The summed E-state index contributed by atoms with van der Waals surface area (Å²) in [6, 6.07) is 0. The molecular weight excluding hydrogens is 250 g/mol. The van der Waals surface area contributed by atoms with E-state index >= 15 is 0 Å². The standard InChI is InChI=1S/C15H27N5/c1-2-16-10-13-6-5-8-19(11-13)12-15-18-17-14-7-3-4-9-20(14)15/h13,16H,2-12H2,1H3. The Hall–Kier alpha value is -0.940. The van der Waals surface area contributed by atoms with E-state index in [1.807, 2.05) is 0 Å². The summed E-state index contributed by atoms with van der Waals surface area (Å²) in [4.78, 5) is 2.57. The zero-order chi connectivity index (χ0) is 13.8. The molecule has 2 aliphatic rings. The van der Waals surface area contributed by atoms with E-state index in [2.05, 4.69) is 31.9 Å². The number of nitrogens with one attached hydrogen (secondary N) is 1. The molecule has 1 atom stereocenters. The quantitative estimate of drug-likeness (QED) is 0.884. The van der Waals surface area contributed by atoms with E-state index < -0.39 is 0 Å². The second kappa shape index (κ2) is 6.68. The van der Waals surface area contributed by atoms with Gasteiger partial charge in [-0.15, -0.1) is 10.2 Å². The summed E-state index contributed by atoms with van der Waals surface area (Å²) in [7, 11) is 0. The fraction of sp³-hybridized carbons (Fsp3) is 0.867. The normalized spacial score (nSPS) is 23.8. The lowest BCUT2D eigenvalue weighted by Crippen LogP contribution is -2.39. The minimum atomic E-state index is 0.799. The number of fused-ring (bicyclic) bond motifs is 1. The maximum atomic E-state index is 4.43. The van der Waals surface area contributed by atoms with Gasteiger partial charge in [0.25, 0.3) is 0 Å². The number of nitrogens with zero attached hydrogens (tertiary/aromatic N) is 4. The molecule has 3 rings (SSSR count). The molecule has 1 N–H and O–H groups in total. The molecule has 1 saturated heterocycles. The Morgan fingerprint density at radius 3 is 3.05 bits per heavy atom. The first-order valence-corrected chi connectivity index (χ1v) is 8.21. The molecule has 0 aliphatic carbocycles. The van der Waals surface area contributed by atoms with E-state index in [1.165, 1.54) is 50.4 Å². The largest absolute Gasteiger partial charge is 0.317 e. The molecule has 112 valence electrons. The number of aryl methyl sites for hydroxylation is 1. The van der Waals surface area contributed by atoms with E-state index in [4.69, 9.17) is 0 Å². The van der Waals surface area contributed by atoms with Crippen LogP contribution >= 0.6 is 0 Å². The van der Waals surface area contributed by atoms with Crippen LogP contribution in [0.4, 0.5) is 0 Å². The van der Waals surface area contributed by atoms with Crippen LogP contribution in [0.25, 0.3) is 0 Å². The van der Waals surface area contributed by atoms with Gasteiger partial charge in [-0.1, -0.05) is 6.92 Å². The van der Waals surface area contributed by atoms with Crippen LogP contribution in [0.2, 0.25) is 0 Å². The highest BCUT2D eigenvalue weighted by atomic mass is 15.3. The first-order chi connectivity index (χ1) is 9.86. The first kappa shape index (κ1) is 14.0. The van der Waals surface area contributed by atoms with Crippen molar-refractivity contribution in [1.82, 2.24) is 25.0 Å². The van der Waals surface area contributed by atoms with Gasteiger partial charge < -0.3 is 9.88 Å². The SMILES string of the molecule is CCNCC1CCCN(Cc2nnc3n2CCCC3)C1. The van der Waals surface area contributed by atoms with Crippen LogP contribution in [0, 0.1) is 5.92 Å². The highest BCUT2D eigenvalue weighted by Gasteiger charge is 2.22. The summed E-state index contributed by atoms with van der Waals surface area (Å²) in [5.74, 6) is 3.18. The number of aromatic nitrogens is 3. The van der Waals surface area contributed by atoms with Crippen LogP contribution in [0.1, 0.15) is 44.3 Å². The molecule has 0 bridgehead atoms. The minimum absolute atomic E-state index is 0.799. The van der Waals surface area contributed by atoms with Gasteiger partial charge in [-0.2, -0.15) is 0 Å². The molecule has 1 aromatic heterocycles. The van der Waals surface area contributed by atoms with Crippen molar-refractivity contribution in [3.63, 3.8) is 0 Å². The second-order valence-corrected chi connectivity index (χ2v) is 6.19. The summed E-state index contributed by atoms with van der Waals surface area (Å²) in [5.41, 5.74) is 0. The predicted molar refractivity (Wildman–Crippen MR) is 79.5 cm³/mol. The highest BCUT2D eigenvalue weighted by Crippen LogP contribution is 2.20. The predicted octanol–water partition coefficient (Wildman–Crippen LogP) is 1.44. The van der Waals surface area contributed by atoms with Crippen molar-refractivity contribution in [1.29, 1.82) is 0 Å². The summed E-state index contributed by atoms with van der Waals surface area (Å²) in [5, 5.41) is 12.3. The lowest BCUT2D eigenvalue weighted by Gasteiger charge is -2.32. The van der Waals surface area contributed by atoms with Crippen molar-refractivity contribution in [2.24, 2.45) is 5.92 Å². The van der Waals surface area contributed by atoms with Crippen LogP contribution in [0.3, 0.4) is 0 Å². The average molecular weight is 277 g/mol. The molecule has 5 heteroatoms. The number of hydrogen-bond donors (Lipinski definition) is 1. The van der Waals surface area contributed by atoms with Gasteiger partial charge in [0.05, 0.1) is 6.54 Å². The third kappa shape index (κ3) is 3.20. The van der Waals surface area contributed by atoms with Crippen molar-refractivity contribution in [3.8, 4) is 0 Å². The monoisotopic (exact) mass is 277 g/mol. The smallest absolute Gasteiger partial charge is 0.147 e. The van der Waals surface area contributed by atoms with E-state index in [9.17, 15) is 0 Å². The van der Waals surface area contributed by atoms with Gasteiger partial charge in [0.1, 0.15) is 11.6 Å². The number of piperidine rings is 1. The van der Waals surface area contributed by atoms with Crippen molar-refractivity contribution in [2.75, 3.05) is 26.2 Å². The molecule has 5 nitrogen and oxygen atoms in total. The van der Waals surface area contributed by atoms with Crippen LogP contribution < -0.4 is 5.32 Å². The van der Waals surface area contributed by atoms with Gasteiger partial charge in [0.2, 0.25) is 0 Å². The van der Waals surface area contributed by atoms with Crippen molar-refractivity contribution in [2.45, 2.75) is 52.1 Å². The van der Waals surface area contributed by atoms with Crippen LogP contribution in [0.5, 0.6) is 0 Å². The Balaban J connectivity index is 1.58. The Bertz CT molecular complexity index is 428. The lowest BCUT2D eigenvalue weighted by molar-refractivity contribution is 0.160. The highest BCUT2D eigenvalue weighted by molar-refractivity contribution is 4.99. The van der Waals surface area contributed by atoms with E-state index in [0.717, 1.165) is 38.5 Å². The summed E-state index contributed by atoms with van der Waals surface area (Å²) >= 11 is 0. The Labute approximate surface area is 121 Å². The number of hydrogen-bond acceptors (Lipinski definition) is 4. The maximum absolute atomic E-state index is 4.43. The van der Waals surface area contributed by atoms with Gasteiger partial charge in [0, 0.05) is 19.5 Å². The van der Waals surface area contributed by atoms with Crippen LogP contribution in [-0.2, 0) is 19.5 Å². The van der Waals surface area contributed by atoms with Crippen molar-refractivity contribution >= 4 is 0 Å². The minimum Gasteiger partial charge on any atom is -0.317 e. The Morgan fingerprint density at radius 2 is 2.15 bits per heavy atom. The summed E-state index contributed by atoms with van der Waals surface area (Å²) in [6.07, 6.45) is 6.34. The summed E-state index contributed by atoms with van der Waals surface area (Å²) < 4.78 is 2.36. The van der Waals surface area contributed by atoms with Gasteiger partial charge in [-0.3, -0.25) is 4.90 Å². The van der Waals surface area contributed by atoms with Gasteiger partial charge in [-0.05, 0) is 51.2 Å². The molecule has 0 radical (unpaired) electrons. The molecule has 0 amide bonds. The van der Waals surface area contributed by atoms with Crippen LogP contribution in [0.15, 0.2) is 0 Å². The molecule has 3 heterocycles. The third-order valence-electron chi connectivity index (χ3n) is 4.59. The van der Waals surface area contributed by atoms with E-state index in [0.29, 0.717) is 0 Å². The molecule has 20 heavy (non-hydrogen) atoms.